The predicted octanol–water partition coefficient (Wildman–Crippen LogP) is 5.81. The summed E-state index contributed by atoms with van der Waals surface area (Å²) in [5, 5.41) is 3.23. The Labute approximate surface area is 249 Å². The van der Waals surface area contributed by atoms with Crippen molar-refractivity contribution in [2.24, 2.45) is 0 Å². The zero-order valence-electron chi connectivity index (χ0n) is 24.0. The van der Waals surface area contributed by atoms with Gasteiger partial charge >= 0.3 is 0 Å². The fourth-order valence-corrected chi connectivity index (χ4v) is 5.36. The van der Waals surface area contributed by atoms with E-state index in [2.05, 4.69) is 27.2 Å². The van der Waals surface area contributed by atoms with Crippen molar-refractivity contribution in [2.45, 2.75) is 62.9 Å². The van der Waals surface area contributed by atoms with Crippen molar-refractivity contribution in [3.8, 4) is 5.75 Å². The number of halogens is 1. The van der Waals surface area contributed by atoms with Crippen LogP contribution in [0.2, 0.25) is 0 Å². The molecule has 2 aromatic carbocycles. The van der Waals surface area contributed by atoms with E-state index in [-0.39, 0.29) is 17.3 Å². The topological polar surface area (TPSA) is 99.0 Å². The number of aromatic nitrogens is 4. The third kappa shape index (κ3) is 8.97. The van der Waals surface area contributed by atoms with E-state index in [1.807, 2.05) is 22.8 Å². The molecule has 42 heavy (non-hydrogen) atoms. The van der Waals surface area contributed by atoms with Gasteiger partial charge in [0, 0.05) is 49.9 Å². The standard InChI is InChI=1S/C32H36FN5O3S/c1-3-4-5-6-7-14-41-29-13-10-24(16-28(29)31(40)34-2)19-38-20-26(15-25-17-35-22-36-18-25)30(39)37-32(38)42-21-23-8-11-27(33)12-9-23/h8-13,16-18,20,22H,3-7,14-15,19,21H2,1-2H3,(H,34,40). The molecular formula is C32H36FN5O3S. The number of hydrogen-bond donors (Lipinski definition) is 1. The number of benzene rings is 2. The third-order valence-electron chi connectivity index (χ3n) is 6.69. The number of thioether (sulfide) groups is 1. The molecule has 0 unspecified atom stereocenters. The number of ether oxygens (including phenoxy) is 1. The number of carbonyl (C=O) groups excluding carboxylic acids is 1. The van der Waals surface area contributed by atoms with Gasteiger partial charge in [-0.15, -0.1) is 0 Å². The highest BCUT2D eigenvalue weighted by atomic mass is 32.2. The summed E-state index contributed by atoms with van der Waals surface area (Å²) in [6, 6.07) is 11.8. The molecule has 1 amide bonds. The molecule has 0 aliphatic rings. The normalized spacial score (nSPS) is 10.9. The minimum atomic E-state index is -0.328. The molecule has 1 N–H and O–H groups in total. The molecule has 2 aromatic heterocycles. The van der Waals surface area contributed by atoms with Crippen LogP contribution in [0.4, 0.5) is 4.39 Å². The highest BCUT2D eigenvalue weighted by molar-refractivity contribution is 7.98. The van der Waals surface area contributed by atoms with Crippen molar-refractivity contribution >= 4 is 17.7 Å². The smallest absolute Gasteiger partial charge is 0.277 e. The fraction of sp³-hybridized carbons (Fsp3) is 0.344. The number of nitrogens with zero attached hydrogens (tertiary/aromatic N) is 4. The second-order valence-electron chi connectivity index (χ2n) is 9.99. The number of carbonyl (C=O) groups is 1. The first-order valence-corrected chi connectivity index (χ1v) is 15.1. The Morgan fingerprint density at radius 3 is 2.48 bits per heavy atom. The Morgan fingerprint density at radius 2 is 1.74 bits per heavy atom. The Kier molecular flexibility index (Phi) is 11.6. The van der Waals surface area contributed by atoms with Crippen molar-refractivity contribution in [3.05, 3.63) is 111 Å². The third-order valence-corrected chi connectivity index (χ3v) is 7.75. The van der Waals surface area contributed by atoms with Crippen molar-refractivity contribution in [1.82, 2.24) is 24.8 Å². The zero-order chi connectivity index (χ0) is 29.7. The summed E-state index contributed by atoms with van der Waals surface area (Å²) in [5.41, 5.74) is 3.20. The van der Waals surface area contributed by atoms with Gasteiger partial charge in [-0.05, 0) is 47.4 Å². The Bertz CT molecular complexity index is 1510. The number of unbranched alkanes of at least 4 members (excludes halogenated alkanes) is 4. The molecule has 0 aliphatic carbocycles. The zero-order valence-corrected chi connectivity index (χ0v) is 24.8. The van der Waals surface area contributed by atoms with Crippen molar-refractivity contribution in [1.29, 1.82) is 0 Å². The maximum atomic E-state index is 13.4. The van der Waals surface area contributed by atoms with E-state index in [9.17, 15) is 14.0 Å². The first-order valence-electron chi connectivity index (χ1n) is 14.2. The van der Waals surface area contributed by atoms with E-state index in [0.29, 0.717) is 47.4 Å². The summed E-state index contributed by atoms with van der Waals surface area (Å²) >= 11 is 1.39. The van der Waals surface area contributed by atoms with Gasteiger partial charge in [-0.2, -0.15) is 4.98 Å². The van der Waals surface area contributed by atoms with Crippen molar-refractivity contribution in [2.75, 3.05) is 13.7 Å². The van der Waals surface area contributed by atoms with Gasteiger partial charge in [-0.3, -0.25) is 9.59 Å². The fourth-order valence-electron chi connectivity index (χ4n) is 4.44. The Hall–Kier alpha value is -4.05. The molecule has 2 heterocycles. The van der Waals surface area contributed by atoms with Crippen LogP contribution in [0.1, 0.15) is 71.6 Å². The summed E-state index contributed by atoms with van der Waals surface area (Å²) in [6.45, 7) is 3.11. The Balaban J connectivity index is 1.60. The molecule has 0 spiro atoms. The summed E-state index contributed by atoms with van der Waals surface area (Å²) in [4.78, 5) is 38.3. The molecule has 8 nitrogen and oxygen atoms in total. The lowest BCUT2D eigenvalue weighted by atomic mass is 10.1. The number of rotatable bonds is 15. The molecule has 0 saturated heterocycles. The minimum Gasteiger partial charge on any atom is -0.493 e. The molecule has 0 bridgehead atoms. The van der Waals surface area contributed by atoms with Crippen LogP contribution in [0.3, 0.4) is 0 Å². The molecule has 4 aromatic rings. The van der Waals surface area contributed by atoms with Crippen LogP contribution in [0, 0.1) is 5.82 Å². The molecule has 0 aliphatic heterocycles. The van der Waals surface area contributed by atoms with E-state index in [4.69, 9.17) is 4.74 Å². The second kappa shape index (κ2) is 15.8. The lowest BCUT2D eigenvalue weighted by Crippen LogP contribution is -2.21. The van der Waals surface area contributed by atoms with Gasteiger partial charge in [0.1, 0.15) is 17.9 Å². The van der Waals surface area contributed by atoms with Gasteiger partial charge in [-0.25, -0.2) is 14.4 Å². The van der Waals surface area contributed by atoms with E-state index in [1.54, 1.807) is 37.8 Å². The number of hydrogen-bond acceptors (Lipinski definition) is 7. The average molecular weight is 590 g/mol. The highest BCUT2D eigenvalue weighted by Crippen LogP contribution is 2.25. The number of amides is 1. The van der Waals surface area contributed by atoms with Crippen LogP contribution in [0.25, 0.3) is 0 Å². The largest absolute Gasteiger partial charge is 0.493 e. The summed E-state index contributed by atoms with van der Waals surface area (Å²) in [6.07, 6.45) is 12.5. The van der Waals surface area contributed by atoms with Crippen molar-refractivity contribution < 1.29 is 13.9 Å². The Morgan fingerprint density at radius 1 is 1.00 bits per heavy atom. The molecule has 220 valence electrons. The molecule has 0 atom stereocenters. The van der Waals surface area contributed by atoms with Gasteiger partial charge < -0.3 is 14.6 Å². The maximum Gasteiger partial charge on any atom is 0.277 e. The van der Waals surface area contributed by atoms with Crippen LogP contribution >= 0.6 is 11.8 Å². The molecular weight excluding hydrogens is 553 g/mol. The lowest BCUT2D eigenvalue weighted by molar-refractivity contribution is 0.0958. The quantitative estimate of drug-likeness (QED) is 0.106. The SMILES string of the molecule is CCCCCCCOc1ccc(Cn2cc(Cc3cncnc3)c(=O)nc2SCc2ccc(F)cc2)cc1C(=O)NC. The average Bonchev–Trinajstić information content (AvgIpc) is 3.01. The van der Waals surface area contributed by atoms with Gasteiger partial charge in [0.05, 0.1) is 12.2 Å². The molecule has 0 radical (unpaired) electrons. The minimum absolute atomic E-state index is 0.230. The van der Waals surface area contributed by atoms with E-state index in [1.165, 1.54) is 49.5 Å². The first kappa shape index (κ1) is 30.9. The maximum absolute atomic E-state index is 13.4. The molecule has 0 fully saturated rings. The van der Waals surface area contributed by atoms with Crippen LogP contribution in [0.15, 0.2) is 77.3 Å². The summed E-state index contributed by atoms with van der Waals surface area (Å²) in [7, 11) is 1.60. The van der Waals surface area contributed by atoms with Gasteiger partial charge in [0.15, 0.2) is 5.16 Å². The van der Waals surface area contributed by atoms with E-state index in [0.717, 1.165) is 29.5 Å². The van der Waals surface area contributed by atoms with Crippen LogP contribution in [0.5, 0.6) is 5.75 Å². The van der Waals surface area contributed by atoms with E-state index < -0.39 is 0 Å². The second-order valence-corrected chi connectivity index (χ2v) is 10.9. The van der Waals surface area contributed by atoms with Gasteiger partial charge in [-0.1, -0.05) is 62.6 Å². The number of nitrogens with one attached hydrogen (secondary N) is 1. The van der Waals surface area contributed by atoms with Crippen LogP contribution in [-0.2, 0) is 18.7 Å². The first-order chi connectivity index (χ1) is 20.5. The lowest BCUT2D eigenvalue weighted by Gasteiger charge is -2.16. The predicted molar refractivity (Wildman–Crippen MR) is 162 cm³/mol. The van der Waals surface area contributed by atoms with Crippen LogP contribution in [-0.4, -0.2) is 39.1 Å². The molecule has 0 saturated carbocycles. The van der Waals surface area contributed by atoms with E-state index >= 15 is 0 Å². The van der Waals surface area contributed by atoms with Crippen LogP contribution < -0.4 is 15.6 Å². The highest BCUT2D eigenvalue weighted by Gasteiger charge is 2.15. The monoisotopic (exact) mass is 589 g/mol. The van der Waals surface area contributed by atoms with Gasteiger partial charge in [0.25, 0.3) is 11.5 Å². The van der Waals surface area contributed by atoms with Gasteiger partial charge in [0.2, 0.25) is 0 Å². The summed E-state index contributed by atoms with van der Waals surface area (Å²) < 4.78 is 21.3. The molecule has 10 heteroatoms. The van der Waals surface area contributed by atoms with Crippen molar-refractivity contribution in [3.63, 3.8) is 0 Å². The summed E-state index contributed by atoms with van der Waals surface area (Å²) in [5.74, 6) is 0.519. The molecule has 4 rings (SSSR count).